The number of fused-ring (bicyclic) bond motifs is 1. The summed E-state index contributed by atoms with van der Waals surface area (Å²) in [5, 5.41) is 11.9. The van der Waals surface area contributed by atoms with E-state index in [-0.39, 0.29) is 17.0 Å². The lowest BCUT2D eigenvalue weighted by molar-refractivity contribution is 0.0633. The first-order chi connectivity index (χ1) is 12.7. The van der Waals surface area contributed by atoms with E-state index >= 15 is 0 Å². The fourth-order valence-corrected chi connectivity index (χ4v) is 3.13. The van der Waals surface area contributed by atoms with Crippen molar-refractivity contribution >= 4 is 29.0 Å². The number of carboxylic acids is 1. The highest BCUT2D eigenvalue weighted by molar-refractivity contribution is 6.07. The Bertz CT molecular complexity index is 847. The molecule has 8 nitrogen and oxygen atoms in total. The predicted molar refractivity (Wildman–Crippen MR) is 100 cm³/mol. The second-order valence-electron chi connectivity index (χ2n) is 7.73. The molecule has 2 N–H and O–H groups in total. The molecule has 27 heavy (non-hydrogen) atoms. The number of aromatic carboxylic acids is 1. The number of carboxylic acid groups (broad SMARTS) is 1. The summed E-state index contributed by atoms with van der Waals surface area (Å²) < 4.78 is 10.8. The van der Waals surface area contributed by atoms with Crippen molar-refractivity contribution in [1.82, 2.24) is 9.88 Å². The van der Waals surface area contributed by atoms with Gasteiger partial charge in [-0.2, -0.15) is 0 Å². The zero-order valence-electron chi connectivity index (χ0n) is 15.9. The summed E-state index contributed by atoms with van der Waals surface area (Å²) in [6, 6.07) is 1.78. The van der Waals surface area contributed by atoms with Gasteiger partial charge in [-0.25, -0.2) is 9.59 Å². The van der Waals surface area contributed by atoms with Gasteiger partial charge in [-0.15, -0.1) is 0 Å². The number of anilines is 1. The number of carbonyl (C=O) groups is 2. The fraction of sp³-hybridized carbons (Fsp3) is 0.526. The molecule has 8 heteroatoms. The molecule has 0 radical (unpaired) electrons. The first-order valence-electron chi connectivity index (χ1n) is 9.10. The summed E-state index contributed by atoms with van der Waals surface area (Å²) in [4.78, 5) is 30.3. The van der Waals surface area contributed by atoms with Crippen molar-refractivity contribution in [2.45, 2.75) is 45.6 Å². The van der Waals surface area contributed by atoms with Crippen molar-refractivity contribution in [3.63, 3.8) is 0 Å². The lowest BCUT2D eigenvalue weighted by Gasteiger charge is -2.19. The third-order valence-corrected chi connectivity index (χ3v) is 4.33. The molecule has 1 aliphatic rings. The van der Waals surface area contributed by atoms with Crippen LogP contribution in [0.5, 0.6) is 0 Å². The van der Waals surface area contributed by atoms with Gasteiger partial charge >= 0.3 is 12.1 Å². The number of amides is 1. The SMILES string of the molecule is CC(C)(C)OC(=O)Nc1oc2cc(CCN3CCCC3)cnc2c1C(=O)O. The number of carbonyl (C=O) groups excluding carboxylic acids is 1. The molecule has 3 heterocycles. The van der Waals surface area contributed by atoms with Gasteiger partial charge in [0.2, 0.25) is 5.88 Å². The van der Waals surface area contributed by atoms with Crippen LogP contribution in [0, 0.1) is 0 Å². The topological polar surface area (TPSA) is 105 Å². The Balaban J connectivity index is 1.81. The molecular formula is C19H25N3O5. The molecule has 0 saturated carbocycles. The minimum atomic E-state index is -1.22. The van der Waals surface area contributed by atoms with E-state index in [1.54, 1.807) is 33.0 Å². The molecule has 146 valence electrons. The first kappa shape index (κ1) is 19.2. The minimum absolute atomic E-state index is 0.170. The van der Waals surface area contributed by atoms with Crippen molar-refractivity contribution in [3.05, 3.63) is 23.4 Å². The molecule has 1 amide bonds. The van der Waals surface area contributed by atoms with Crippen molar-refractivity contribution in [1.29, 1.82) is 0 Å². The summed E-state index contributed by atoms with van der Waals surface area (Å²) in [6.45, 7) is 8.32. The largest absolute Gasteiger partial charge is 0.477 e. The maximum Gasteiger partial charge on any atom is 0.414 e. The van der Waals surface area contributed by atoms with E-state index in [9.17, 15) is 14.7 Å². The Kier molecular flexibility index (Phi) is 5.36. The van der Waals surface area contributed by atoms with E-state index in [0.29, 0.717) is 5.58 Å². The maximum atomic E-state index is 12.0. The number of rotatable bonds is 5. The van der Waals surface area contributed by atoms with Crippen LogP contribution in [0.2, 0.25) is 0 Å². The van der Waals surface area contributed by atoms with E-state index in [1.807, 2.05) is 0 Å². The molecule has 1 aliphatic heterocycles. The summed E-state index contributed by atoms with van der Waals surface area (Å²) in [5.41, 5.74) is 0.613. The highest BCUT2D eigenvalue weighted by Crippen LogP contribution is 2.30. The van der Waals surface area contributed by atoms with Crippen LogP contribution in [0.3, 0.4) is 0 Å². The van der Waals surface area contributed by atoms with Crippen LogP contribution in [0.4, 0.5) is 10.7 Å². The number of nitrogens with zero attached hydrogens (tertiary/aromatic N) is 2. The van der Waals surface area contributed by atoms with Gasteiger partial charge < -0.3 is 19.2 Å². The Morgan fingerprint density at radius 2 is 2.04 bits per heavy atom. The molecule has 1 fully saturated rings. The number of hydrogen-bond acceptors (Lipinski definition) is 6. The number of pyridine rings is 1. The fourth-order valence-electron chi connectivity index (χ4n) is 3.13. The number of hydrogen-bond donors (Lipinski definition) is 2. The van der Waals surface area contributed by atoms with Crippen LogP contribution in [0.1, 0.15) is 49.5 Å². The van der Waals surface area contributed by atoms with Crippen LogP contribution in [-0.2, 0) is 11.2 Å². The Labute approximate surface area is 157 Å². The van der Waals surface area contributed by atoms with Crippen molar-refractivity contribution in [2.24, 2.45) is 0 Å². The van der Waals surface area contributed by atoms with Gasteiger partial charge in [0, 0.05) is 12.7 Å². The van der Waals surface area contributed by atoms with Crippen LogP contribution in [0.25, 0.3) is 11.1 Å². The lowest BCUT2D eigenvalue weighted by Crippen LogP contribution is -2.27. The van der Waals surface area contributed by atoms with Crippen molar-refractivity contribution in [3.8, 4) is 0 Å². The van der Waals surface area contributed by atoms with Crippen LogP contribution < -0.4 is 5.32 Å². The average molecular weight is 375 g/mol. The molecule has 0 unspecified atom stereocenters. The molecule has 0 aliphatic carbocycles. The number of aromatic nitrogens is 1. The lowest BCUT2D eigenvalue weighted by atomic mass is 10.1. The molecule has 0 spiro atoms. The van der Waals surface area contributed by atoms with Gasteiger partial charge in [0.1, 0.15) is 16.7 Å². The van der Waals surface area contributed by atoms with Gasteiger partial charge in [0.25, 0.3) is 0 Å². The molecule has 1 saturated heterocycles. The zero-order valence-corrected chi connectivity index (χ0v) is 15.9. The minimum Gasteiger partial charge on any atom is -0.477 e. The number of ether oxygens (including phenoxy) is 1. The number of furan rings is 1. The van der Waals surface area contributed by atoms with Crippen molar-refractivity contribution in [2.75, 3.05) is 25.0 Å². The second-order valence-corrected chi connectivity index (χ2v) is 7.73. The summed E-state index contributed by atoms with van der Waals surface area (Å²) >= 11 is 0. The quantitative estimate of drug-likeness (QED) is 0.824. The molecule has 0 bridgehead atoms. The van der Waals surface area contributed by atoms with E-state index in [2.05, 4.69) is 15.2 Å². The van der Waals surface area contributed by atoms with Gasteiger partial charge in [-0.1, -0.05) is 0 Å². The van der Waals surface area contributed by atoms with Crippen LogP contribution in [-0.4, -0.2) is 52.3 Å². The molecule has 2 aromatic rings. The van der Waals surface area contributed by atoms with E-state index in [1.165, 1.54) is 12.8 Å². The average Bonchev–Trinajstić information content (AvgIpc) is 3.17. The first-order valence-corrected chi connectivity index (χ1v) is 9.10. The van der Waals surface area contributed by atoms with Crippen LogP contribution in [0.15, 0.2) is 16.7 Å². The van der Waals surface area contributed by atoms with E-state index < -0.39 is 17.7 Å². The smallest absolute Gasteiger partial charge is 0.414 e. The molecule has 0 atom stereocenters. The Morgan fingerprint density at radius 3 is 2.67 bits per heavy atom. The Morgan fingerprint density at radius 1 is 1.33 bits per heavy atom. The van der Waals surface area contributed by atoms with E-state index in [4.69, 9.17) is 9.15 Å². The highest BCUT2D eigenvalue weighted by Gasteiger charge is 2.25. The maximum absolute atomic E-state index is 12.0. The normalized spacial score (nSPS) is 15.2. The van der Waals surface area contributed by atoms with Gasteiger partial charge in [0.05, 0.1) is 0 Å². The number of nitrogens with one attached hydrogen (secondary N) is 1. The molecule has 0 aromatic carbocycles. The molecule has 2 aromatic heterocycles. The third kappa shape index (κ3) is 4.77. The Hall–Kier alpha value is -2.61. The van der Waals surface area contributed by atoms with Gasteiger partial charge in [0.15, 0.2) is 5.58 Å². The summed E-state index contributed by atoms with van der Waals surface area (Å²) in [7, 11) is 0. The molecule has 3 rings (SSSR count). The monoisotopic (exact) mass is 375 g/mol. The molecular weight excluding hydrogens is 350 g/mol. The summed E-state index contributed by atoms with van der Waals surface area (Å²) in [6.07, 6.45) is 4.16. The third-order valence-electron chi connectivity index (χ3n) is 4.33. The standard InChI is InChI=1S/C19H25N3O5/c1-19(2,3)27-18(25)21-16-14(17(23)24)15-13(26-16)10-12(11-20-15)6-9-22-7-4-5-8-22/h10-11H,4-9H2,1-3H3,(H,21,25)(H,23,24). The zero-order chi connectivity index (χ0) is 19.6. The van der Waals surface area contributed by atoms with Crippen molar-refractivity contribution < 1.29 is 23.8 Å². The van der Waals surface area contributed by atoms with Gasteiger partial charge in [-0.05, 0) is 64.8 Å². The highest BCUT2D eigenvalue weighted by atomic mass is 16.6. The predicted octanol–water partition coefficient (Wildman–Crippen LogP) is 3.51. The summed E-state index contributed by atoms with van der Waals surface area (Å²) in [5.74, 6) is -1.40. The number of likely N-dealkylation sites (tertiary alicyclic amines) is 1. The van der Waals surface area contributed by atoms with Gasteiger partial charge in [-0.3, -0.25) is 10.3 Å². The second kappa shape index (κ2) is 7.56. The van der Waals surface area contributed by atoms with Crippen LogP contribution >= 0.6 is 0 Å². The van der Waals surface area contributed by atoms with E-state index in [0.717, 1.165) is 31.6 Å².